The van der Waals surface area contributed by atoms with E-state index in [0.29, 0.717) is 46.5 Å². The Balaban J connectivity index is 1.93. The maximum atomic E-state index is 13.4. The number of aromatic nitrogens is 3. The molecule has 0 spiro atoms. The molecule has 1 amide bonds. The Morgan fingerprint density at radius 1 is 1.37 bits per heavy atom. The van der Waals surface area contributed by atoms with Crippen LogP contribution in [0.15, 0.2) is 43.0 Å². The molecular weight excluding hydrogens is 407 g/mol. The number of aryl methyl sites for hydroxylation is 1. The molecule has 1 aliphatic rings. The van der Waals surface area contributed by atoms with Gasteiger partial charge in [-0.25, -0.2) is 22.5 Å². The van der Waals surface area contributed by atoms with Gasteiger partial charge >= 0.3 is 0 Å². The van der Waals surface area contributed by atoms with E-state index >= 15 is 0 Å². The van der Waals surface area contributed by atoms with Crippen LogP contribution in [0.3, 0.4) is 0 Å². The number of carbonyl (C=O) groups is 1. The van der Waals surface area contributed by atoms with Gasteiger partial charge in [-0.2, -0.15) is 5.10 Å². The van der Waals surface area contributed by atoms with E-state index < -0.39 is 9.84 Å². The number of benzene rings is 1. The van der Waals surface area contributed by atoms with Crippen molar-refractivity contribution in [3.8, 4) is 11.3 Å². The van der Waals surface area contributed by atoms with Gasteiger partial charge in [-0.15, -0.1) is 6.58 Å². The highest BCUT2D eigenvalue weighted by Gasteiger charge is 2.32. The zero-order chi connectivity index (χ0) is 21.5. The third-order valence-electron chi connectivity index (χ3n) is 5.18. The van der Waals surface area contributed by atoms with Gasteiger partial charge in [0.25, 0.3) is 5.91 Å². The van der Waals surface area contributed by atoms with Crippen molar-refractivity contribution in [3.05, 3.63) is 60.1 Å². The fourth-order valence-corrected chi connectivity index (χ4v) is 5.44. The lowest BCUT2D eigenvalue weighted by atomic mass is 10.0. The molecule has 1 fully saturated rings. The molecule has 1 unspecified atom stereocenters. The summed E-state index contributed by atoms with van der Waals surface area (Å²) in [5.41, 5.74) is 2.54. The third-order valence-corrected chi connectivity index (χ3v) is 6.93. The van der Waals surface area contributed by atoms with E-state index in [4.69, 9.17) is 4.98 Å². The first kappa shape index (κ1) is 20.2. The van der Waals surface area contributed by atoms with Gasteiger partial charge < -0.3 is 5.32 Å². The SMILES string of the molecule is C=CCNC(=O)c1cc(-c2ccc(F)cc2)nc2c1c(C)nn2C1CCS(=O)(=O)C1. The predicted molar refractivity (Wildman–Crippen MR) is 112 cm³/mol. The molecule has 1 aliphatic heterocycles. The smallest absolute Gasteiger partial charge is 0.252 e. The lowest BCUT2D eigenvalue weighted by Crippen LogP contribution is -2.23. The van der Waals surface area contributed by atoms with Crippen molar-refractivity contribution in [1.29, 1.82) is 0 Å². The van der Waals surface area contributed by atoms with Crippen molar-refractivity contribution >= 4 is 26.8 Å². The maximum Gasteiger partial charge on any atom is 0.252 e. The topological polar surface area (TPSA) is 93.9 Å². The van der Waals surface area contributed by atoms with Gasteiger partial charge in [0.2, 0.25) is 0 Å². The summed E-state index contributed by atoms with van der Waals surface area (Å²) in [5, 5.41) is 7.88. The number of sulfone groups is 1. The van der Waals surface area contributed by atoms with Gasteiger partial charge in [0, 0.05) is 12.1 Å². The van der Waals surface area contributed by atoms with Gasteiger partial charge in [-0.1, -0.05) is 6.08 Å². The van der Waals surface area contributed by atoms with Crippen LogP contribution in [0.25, 0.3) is 22.3 Å². The molecule has 2 aromatic heterocycles. The largest absolute Gasteiger partial charge is 0.349 e. The monoisotopic (exact) mass is 428 g/mol. The first-order valence-corrected chi connectivity index (χ1v) is 11.4. The summed E-state index contributed by atoms with van der Waals surface area (Å²) in [5.74, 6) is -0.598. The summed E-state index contributed by atoms with van der Waals surface area (Å²) in [6, 6.07) is 7.13. The molecule has 1 aromatic carbocycles. The second-order valence-corrected chi connectivity index (χ2v) is 9.57. The molecule has 0 saturated carbocycles. The highest BCUT2D eigenvalue weighted by atomic mass is 32.2. The summed E-state index contributed by atoms with van der Waals surface area (Å²) in [6.07, 6.45) is 2.02. The van der Waals surface area contributed by atoms with Crippen molar-refractivity contribution < 1.29 is 17.6 Å². The number of hydrogen-bond donors (Lipinski definition) is 1. The minimum Gasteiger partial charge on any atom is -0.349 e. The Bertz CT molecular complexity index is 1250. The van der Waals surface area contributed by atoms with E-state index in [1.165, 1.54) is 12.1 Å². The van der Waals surface area contributed by atoms with E-state index in [1.807, 2.05) is 0 Å². The minimum atomic E-state index is -3.13. The highest BCUT2D eigenvalue weighted by molar-refractivity contribution is 7.91. The minimum absolute atomic E-state index is 0.0102. The van der Waals surface area contributed by atoms with Crippen LogP contribution < -0.4 is 5.32 Å². The molecule has 0 bridgehead atoms. The Hall–Kier alpha value is -3.07. The summed E-state index contributed by atoms with van der Waals surface area (Å²) in [6.45, 7) is 5.68. The Kier molecular flexibility index (Phi) is 5.15. The number of amides is 1. The van der Waals surface area contributed by atoms with Crippen molar-refractivity contribution in [2.75, 3.05) is 18.1 Å². The summed E-state index contributed by atoms with van der Waals surface area (Å²) >= 11 is 0. The molecule has 4 rings (SSSR count). The number of rotatable bonds is 5. The molecule has 1 saturated heterocycles. The van der Waals surface area contributed by atoms with Crippen LogP contribution >= 0.6 is 0 Å². The maximum absolute atomic E-state index is 13.4. The van der Waals surface area contributed by atoms with E-state index in [2.05, 4.69) is 17.0 Å². The second-order valence-electron chi connectivity index (χ2n) is 7.35. The van der Waals surface area contributed by atoms with Crippen LogP contribution in [0.1, 0.15) is 28.5 Å². The zero-order valence-electron chi connectivity index (χ0n) is 16.4. The normalized spacial score (nSPS) is 17.9. The molecule has 156 valence electrons. The molecule has 7 nitrogen and oxygen atoms in total. The molecular formula is C21H21FN4O3S. The number of carbonyl (C=O) groups excluding carboxylic acids is 1. The van der Waals surface area contributed by atoms with Crippen LogP contribution in [0.2, 0.25) is 0 Å². The van der Waals surface area contributed by atoms with Gasteiger partial charge in [-0.3, -0.25) is 4.79 Å². The van der Waals surface area contributed by atoms with E-state index in [9.17, 15) is 17.6 Å². The predicted octanol–water partition coefficient (Wildman–Crippen LogP) is 2.82. The number of nitrogens with zero attached hydrogens (tertiary/aromatic N) is 3. The molecule has 3 aromatic rings. The average Bonchev–Trinajstić information content (AvgIpc) is 3.25. The van der Waals surface area contributed by atoms with Crippen LogP contribution in [0.4, 0.5) is 4.39 Å². The molecule has 9 heteroatoms. The standard InChI is InChI=1S/C21H21FN4O3S/c1-3-9-23-21(27)17-11-18(14-4-6-15(22)7-5-14)24-20-19(17)13(2)25-26(20)16-8-10-30(28,29)12-16/h3-7,11,16H,1,8-10,12H2,2H3,(H,23,27). The lowest BCUT2D eigenvalue weighted by Gasteiger charge is -2.12. The summed E-state index contributed by atoms with van der Waals surface area (Å²) in [4.78, 5) is 17.6. The average molecular weight is 428 g/mol. The van der Waals surface area contributed by atoms with E-state index in [1.54, 1.807) is 35.9 Å². The molecule has 30 heavy (non-hydrogen) atoms. The van der Waals surface area contributed by atoms with Crippen LogP contribution in [0, 0.1) is 12.7 Å². The van der Waals surface area contributed by atoms with Crippen molar-refractivity contribution in [3.63, 3.8) is 0 Å². The molecule has 0 aliphatic carbocycles. The molecule has 1 N–H and O–H groups in total. The van der Waals surface area contributed by atoms with Crippen LogP contribution in [0.5, 0.6) is 0 Å². The first-order chi connectivity index (χ1) is 14.3. The fourth-order valence-electron chi connectivity index (χ4n) is 3.74. The second kappa shape index (κ2) is 7.64. The van der Waals surface area contributed by atoms with Gasteiger partial charge in [0.05, 0.1) is 39.9 Å². The third kappa shape index (κ3) is 3.72. The van der Waals surface area contributed by atoms with Crippen LogP contribution in [-0.4, -0.2) is 47.1 Å². The zero-order valence-corrected chi connectivity index (χ0v) is 17.2. The van der Waals surface area contributed by atoms with Gasteiger partial charge in [-0.05, 0) is 43.7 Å². The van der Waals surface area contributed by atoms with Crippen molar-refractivity contribution in [2.24, 2.45) is 0 Å². The lowest BCUT2D eigenvalue weighted by molar-refractivity contribution is 0.0959. The number of nitrogens with one attached hydrogen (secondary N) is 1. The first-order valence-electron chi connectivity index (χ1n) is 9.54. The molecule has 0 radical (unpaired) electrons. The van der Waals surface area contributed by atoms with E-state index in [0.717, 1.165) is 0 Å². The Morgan fingerprint density at radius 2 is 2.10 bits per heavy atom. The fraction of sp³-hybridized carbons (Fsp3) is 0.286. The van der Waals surface area contributed by atoms with Crippen LogP contribution in [-0.2, 0) is 9.84 Å². The van der Waals surface area contributed by atoms with E-state index in [-0.39, 0.29) is 29.3 Å². The number of pyridine rings is 1. The van der Waals surface area contributed by atoms with Crippen molar-refractivity contribution in [1.82, 2.24) is 20.1 Å². The van der Waals surface area contributed by atoms with Gasteiger partial charge in [0.15, 0.2) is 15.5 Å². The highest BCUT2D eigenvalue weighted by Crippen LogP contribution is 2.32. The van der Waals surface area contributed by atoms with Gasteiger partial charge in [0.1, 0.15) is 5.82 Å². The number of fused-ring (bicyclic) bond motifs is 1. The summed E-state index contributed by atoms with van der Waals surface area (Å²) in [7, 11) is -3.13. The number of hydrogen-bond acceptors (Lipinski definition) is 5. The molecule has 1 atom stereocenters. The van der Waals surface area contributed by atoms with Crippen molar-refractivity contribution in [2.45, 2.75) is 19.4 Å². The summed E-state index contributed by atoms with van der Waals surface area (Å²) < 4.78 is 39.0. The quantitative estimate of drug-likeness (QED) is 0.631. The number of halogens is 1. The Labute approximate surface area is 173 Å². The Morgan fingerprint density at radius 3 is 2.73 bits per heavy atom. The molecule has 3 heterocycles.